The smallest absolute Gasteiger partial charge is 0.407 e. The van der Waals surface area contributed by atoms with Gasteiger partial charge in [-0.15, -0.1) is 0 Å². The zero-order chi connectivity index (χ0) is 18.9. The van der Waals surface area contributed by atoms with Gasteiger partial charge in [-0.25, -0.2) is 4.79 Å². The van der Waals surface area contributed by atoms with E-state index in [4.69, 9.17) is 14.2 Å². The molecule has 0 spiro atoms. The molecule has 6 nitrogen and oxygen atoms in total. The molecular weight excluding hydrogens is 322 g/mol. The highest BCUT2D eigenvalue weighted by atomic mass is 16.6. The van der Waals surface area contributed by atoms with Crippen molar-refractivity contribution in [2.45, 2.75) is 58.6 Å². The van der Waals surface area contributed by atoms with Crippen molar-refractivity contribution in [3.8, 4) is 5.75 Å². The van der Waals surface area contributed by atoms with E-state index in [0.29, 0.717) is 19.4 Å². The molecule has 0 aromatic heterocycles. The van der Waals surface area contributed by atoms with Gasteiger partial charge in [-0.1, -0.05) is 12.1 Å². The van der Waals surface area contributed by atoms with Crippen molar-refractivity contribution in [2.24, 2.45) is 0 Å². The van der Waals surface area contributed by atoms with Crippen LogP contribution in [0.4, 0.5) is 4.79 Å². The molecule has 0 aliphatic rings. The van der Waals surface area contributed by atoms with Crippen LogP contribution in [-0.2, 0) is 20.7 Å². The first-order valence-corrected chi connectivity index (χ1v) is 8.51. The predicted octanol–water partition coefficient (Wildman–Crippen LogP) is 3.47. The van der Waals surface area contributed by atoms with Gasteiger partial charge in [0.2, 0.25) is 0 Å². The summed E-state index contributed by atoms with van der Waals surface area (Å²) >= 11 is 0. The van der Waals surface area contributed by atoms with Crippen LogP contribution in [0.25, 0.3) is 0 Å². The molecule has 0 fully saturated rings. The second-order valence-electron chi connectivity index (χ2n) is 6.74. The second kappa shape index (κ2) is 9.91. The standard InChI is InChI=1S/C19H29NO5/c1-6-24-17(21)13-15(20-18(22)25-19(2,3)4)11-10-14-8-7-9-16(12-14)23-5/h7-9,12,15H,6,10-11,13H2,1-5H3,(H,20,22). The number of carbonyl (C=O) groups is 2. The molecule has 0 bridgehead atoms. The molecule has 1 amide bonds. The highest BCUT2D eigenvalue weighted by Gasteiger charge is 2.21. The minimum atomic E-state index is -0.592. The SMILES string of the molecule is CCOC(=O)CC(CCc1cccc(OC)c1)NC(=O)OC(C)(C)C. The van der Waals surface area contributed by atoms with E-state index in [2.05, 4.69) is 5.32 Å². The number of alkyl carbamates (subject to hydrolysis) is 1. The maximum Gasteiger partial charge on any atom is 0.407 e. The molecule has 1 aromatic carbocycles. The van der Waals surface area contributed by atoms with Crippen LogP contribution in [-0.4, -0.2) is 37.4 Å². The summed E-state index contributed by atoms with van der Waals surface area (Å²) in [7, 11) is 1.62. The first-order chi connectivity index (χ1) is 11.7. The molecule has 1 atom stereocenters. The lowest BCUT2D eigenvalue weighted by Crippen LogP contribution is -2.40. The Balaban J connectivity index is 2.69. The Morgan fingerprint density at radius 2 is 1.96 bits per heavy atom. The summed E-state index contributed by atoms with van der Waals surface area (Å²) in [6, 6.07) is 7.35. The van der Waals surface area contributed by atoms with Gasteiger partial charge in [0.1, 0.15) is 11.4 Å². The minimum absolute atomic E-state index is 0.108. The third kappa shape index (κ3) is 8.98. The van der Waals surface area contributed by atoms with E-state index in [1.54, 1.807) is 34.8 Å². The quantitative estimate of drug-likeness (QED) is 0.726. The lowest BCUT2D eigenvalue weighted by Gasteiger charge is -2.23. The van der Waals surface area contributed by atoms with Crippen LogP contribution in [0.2, 0.25) is 0 Å². The van der Waals surface area contributed by atoms with Crippen molar-refractivity contribution in [3.63, 3.8) is 0 Å². The first-order valence-electron chi connectivity index (χ1n) is 8.51. The zero-order valence-corrected chi connectivity index (χ0v) is 15.8. The molecule has 140 valence electrons. The highest BCUT2D eigenvalue weighted by Crippen LogP contribution is 2.16. The maximum absolute atomic E-state index is 12.0. The normalized spacial score (nSPS) is 12.2. The Kier molecular flexibility index (Phi) is 8.25. The van der Waals surface area contributed by atoms with E-state index >= 15 is 0 Å². The van der Waals surface area contributed by atoms with Crippen molar-refractivity contribution in [1.29, 1.82) is 0 Å². The third-order valence-corrected chi connectivity index (χ3v) is 3.35. The van der Waals surface area contributed by atoms with Crippen molar-refractivity contribution in [2.75, 3.05) is 13.7 Å². The Bertz CT molecular complexity index is 565. The summed E-state index contributed by atoms with van der Waals surface area (Å²) in [5, 5.41) is 2.77. The van der Waals surface area contributed by atoms with Crippen LogP contribution in [0.5, 0.6) is 5.75 Å². The Morgan fingerprint density at radius 3 is 2.56 bits per heavy atom. The summed E-state index contributed by atoms with van der Waals surface area (Å²) in [4.78, 5) is 23.8. The van der Waals surface area contributed by atoms with E-state index in [-0.39, 0.29) is 18.4 Å². The number of esters is 1. The highest BCUT2D eigenvalue weighted by molar-refractivity contribution is 5.72. The van der Waals surface area contributed by atoms with Crippen LogP contribution in [0.3, 0.4) is 0 Å². The van der Waals surface area contributed by atoms with E-state index in [0.717, 1.165) is 11.3 Å². The van der Waals surface area contributed by atoms with Gasteiger partial charge in [0.25, 0.3) is 0 Å². The Labute approximate surface area is 149 Å². The molecule has 0 saturated heterocycles. The molecule has 0 saturated carbocycles. The molecule has 25 heavy (non-hydrogen) atoms. The first kappa shape index (κ1) is 20.8. The van der Waals surface area contributed by atoms with Gasteiger partial charge in [-0.3, -0.25) is 4.79 Å². The van der Waals surface area contributed by atoms with Crippen LogP contribution < -0.4 is 10.1 Å². The predicted molar refractivity (Wildman–Crippen MR) is 95.7 cm³/mol. The number of ether oxygens (including phenoxy) is 3. The van der Waals surface area contributed by atoms with Crippen molar-refractivity contribution >= 4 is 12.1 Å². The van der Waals surface area contributed by atoms with E-state index in [1.807, 2.05) is 24.3 Å². The molecule has 1 N–H and O–H groups in total. The van der Waals surface area contributed by atoms with E-state index in [1.165, 1.54) is 0 Å². The van der Waals surface area contributed by atoms with Crippen LogP contribution in [0.15, 0.2) is 24.3 Å². The van der Waals surface area contributed by atoms with Gasteiger partial charge in [-0.2, -0.15) is 0 Å². The van der Waals surface area contributed by atoms with Crippen LogP contribution in [0, 0.1) is 0 Å². The van der Waals surface area contributed by atoms with Gasteiger partial charge in [0.05, 0.1) is 20.1 Å². The van der Waals surface area contributed by atoms with Gasteiger partial charge >= 0.3 is 12.1 Å². The molecule has 6 heteroatoms. The molecular formula is C19H29NO5. The van der Waals surface area contributed by atoms with E-state index < -0.39 is 11.7 Å². The number of hydrogen-bond acceptors (Lipinski definition) is 5. The maximum atomic E-state index is 12.0. The van der Waals surface area contributed by atoms with Gasteiger partial charge in [-0.05, 0) is 58.2 Å². The van der Waals surface area contributed by atoms with Crippen molar-refractivity contribution in [1.82, 2.24) is 5.32 Å². The molecule has 1 aromatic rings. The lowest BCUT2D eigenvalue weighted by atomic mass is 10.0. The van der Waals surface area contributed by atoms with Crippen molar-refractivity contribution < 1.29 is 23.8 Å². The molecule has 0 radical (unpaired) electrons. The summed E-state index contributed by atoms with van der Waals surface area (Å²) < 4.78 is 15.5. The monoisotopic (exact) mass is 351 g/mol. The number of amides is 1. The fraction of sp³-hybridized carbons (Fsp3) is 0.579. The Morgan fingerprint density at radius 1 is 1.24 bits per heavy atom. The number of rotatable bonds is 8. The molecule has 1 unspecified atom stereocenters. The summed E-state index contributed by atoms with van der Waals surface area (Å²) in [6.45, 7) is 7.45. The number of methoxy groups -OCH3 is 1. The average Bonchev–Trinajstić information content (AvgIpc) is 2.51. The number of nitrogens with one attached hydrogen (secondary N) is 1. The third-order valence-electron chi connectivity index (χ3n) is 3.35. The molecule has 0 heterocycles. The average molecular weight is 351 g/mol. The topological polar surface area (TPSA) is 73.9 Å². The number of hydrogen-bond donors (Lipinski definition) is 1. The number of benzene rings is 1. The fourth-order valence-corrected chi connectivity index (χ4v) is 2.29. The largest absolute Gasteiger partial charge is 0.497 e. The van der Waals surface area contributed by atoms with Gasteiger partial charge in [0, 0.05) is 6.04 Å². The van der Waals surface area contributed by atoms with Gasteiger partial charge < -0.3 is 19.5 Å². The summed E-state index contributed by atoms with van der Waals surface area (Å²) in [6.07, 6.45) is 0.853. The van der Waals surface area contributed by atoms with Crippen LogP contribution in [0.1, 0.15) is 46.1 Å². The summed E-state index contributed by atoms with van der Waals surface area (Å²) in [5.74, 6) is 0.439. The second-order valence-corrected chi connectivity index (χ2v) is 6.74. The molecule has 0 aliphatic heterocycles. The minimum Gasteiger partial charge on any atom is -0.497 e. The number of carbonyl (C=O) groups excluding carboxylic acids is 2. The van der Waals surface area contributed by atoms with Gasteiger partial charge in [0.15, 0.2) is 0 Å². The lowest BCUT2D eigenvalue weighted by molar-refractivity contribution is -0.143. The molecule has 1 rings (SSSR count). The van der Waals surface area contributed by atoms with Crippen LogP contribution >= 0.6 is 0 Å². The fourth-order valence-electron chi connectivity index (χ4n) is 2.29. The number of aryl methyl sites for hydroxylation is 1. The zero-order valence-electron chi connectivity index (χ0n) is 15.8. The van der Waals surface area contributed by atoms with Crippen molar-refractivity contribution in [3.05, 3.63) is 29.8 Å². The Hall–Kier alpha value is -2.24. The summed E-state index contributed by atoms with van der Waals surface area (Å²) in [5.41, 5.74) is 0.477. The van der Waals surface area contributed by atoms with E-state index in [9.17, 15) is 9.59 Å². The molecule has 0 aliphatic carbocycles.